The van der Waals surface area contributed by atoms with Crippen molar-refractivity contribution in [3.05, 3.63) is 0 Å². The Balaban J connectivity index is 1.51. The average Bonchev–Trinajstić information content (AvgIpc) is 2.93. The summed E-state index contributed by atoms with van der Waals surface area (Å²) in [5, 5.41) is 5.03. The van der Waals surface area contributed by atoms with E-state index in [-0.39, 0.29) is 35.9 Å². The van der Waals surface area contributed by atoms with Crippen LogP contribution in [0, 0.1) is 11.8 Å². The maximum atomic E-state index is 14.1. The maximum Gasteiger partial charge on any atom is 0.260 e. The summed E-state index contributed by atoms with van der Waals surface area (Å²) in [5.41, 5.74) is 3.35. The Labute approximate surface area is 224 Å². The first-order chi connectivity index (χ1) is 17.8. The highest BCUT2D eigenvalue weighted by Crippen LogP contribution is 2.34. The molecule has 0 aromatic heterocycles. The van der Waals surface area contributed by atoms with E-state index in [2.05, 4.69) is 53.1 Å². The van der Waals surface area contributed by atoms with Crippen molar-refractivity contribution in [2.75, 3.05) is 53.0 Å². The lowest BCUT2D eigenvalue weighted by atomic mass is 9.82. The van der Waals surface area contributed by atoms with Gasteiger partial charge in [-0.05, 0) is 70.3 Å². The van der Waals surface area contributed by atoms with Crippen molar-refractivity contribution in [3.63, 3.8) is 0 Å². The van der Waals surface area contributed by atoms with Gasteiger partial charge in [0.25, 0.3) is 5.91 Å². The number of hydrazine groups is 1. The minimum Gasteiger partial charge on any atom is -0.379 e. The summed E-state index contributed by atoms with van der Waals surface area (Å²) < 4.78 is 5.45. The van der Waals surface area contributed by atoms with Crippen LogP contribution in [0.15, 0.2) is 0 Å². The smallest absolute Gasteiger partial charge is 0.260 e. The third kappa shape index (κ3) is 6.85. The Morgan fingerprint density at radius 2 is 1.76 bits per heavy atom. The van der Waals surface area contributed by atoms with E-state index in [9.17, 15) is 9.59 Å². The van der Waals surface area contributed by atoms with Crippen molar-refractivity contribution in [2.24, 2.45) is 11.8 Å². The van der Waals surface area contributed by atoms with Crippen LogP contribution in [0.2, 0.25) is 0 Å². The summed E-state index contributed by atoms with van der Waals surface area (Å²) in [4.78, 5) is 35.1. The molecule has 0 saturated carbocycles. The number of hydrogen-bond acceptors (Lipinski definition) is 7. The van der Waals surface area contributed by atoms with Gasteiger partial charge in [-0.2, -0.15) is 0 Å². The topological polar surface area (TPSA) is 80.4 Å². The van der Waals surface area contributed by atoms with Crippen LogP contribution in [0.1, 0.15) is 72.6 Å². The summed E-state index contributed by atoms with van der Waals surface area (Å²) in [7, 11) is 1.73. The molecule has 2 amide bonds. The molecule has 4 rings (SSSR count). The van der Waals surface area contributed by atoms with Gasteiger partial charge in [0.05, 0.1) is 18.8 Å². The molecular formula is C28H52N6O3. The third-order valence-corrected chi connectivity index (χ3v) is 9.51. The molecule has 6 atom stereocenters. The third-order valence-electron chi connectivity index (χ3n) is 9.51. The summed E-state index contributed by atoms with van der Waals surface area (Å²) in [5.74, 6) is 0.820. The molecule has 0 radical (unpaired) electrons. The summed E-state index contributed by atoms with van der Waals surface area (Å²) in [6.07, 6.45) is 8.01. The van der Waals surface area contributed by atoms with E-state index in [1.54, 1.807) is 12.1 Å². The lowest BCUT2D eigenvalue weighted by Gasteiger charge is -2.44. The summed E-state index contributed by atoms with van der Waals surface area (Å²) in [6.45, 7) is 14.7. The molecule has 4 fully saturated rings. The predicted octanol–water partition coefficient (Wildman–Crippen LogP) is 1.89. The van der Waals surface area contributed by atoms with E-state index in [4.69, 9.17) is 4.74 Å². The van der Waals surface area contributed by atoms with Crippen LogP contribution in [0.4, 0.5) is 0 Å². The van der Waals surface area contributed by atoms with E-state index in [1.807, 2.05) is 0 Å². The molecule has 0 spiro atoms. The zero-order chi connectivity index (χ0) is 26.5. The van der Waals surface area contributed by atoms with E-state index < -0.39 is 6.04 Å². The number of nitrogens with one attached hydrogen (secondary N) is 2. The molecule has 9 nitrogen and oxygen atoms in total. The molecule has 2 bridgehead atoms. The Morgan fingerprint density at radius 3 is 2.43 bits per heavy atom. The van der Waals surface area contributed by atoms with Gasteiger partial charge < -0.3 is 10.1 Å². The van der Waals surface area contributed by atoms with Crippen LogP contribution < -0.4 is 10.7 Å². The Kier molecular flexibility index (Phi) is 10.3. The number of rotatable bonds is 9. The van der Waals surface area contributed by atoms with Gasteiger partial charge in [0.1, 0.15) is 6.04 Å². The number of fused-ring (bicyclic) bond motifs is 3. The number of carbonyl (C=O) groups excluding carboxylic acids is 2. The van der Waals surface area contributed by atoms with Crippen LogP contribution in [-0.4, -0.2) is 115 Å². The molecule has 0 aliphatic carbocycles. The molecule has 4 heterocycles. The number of carbonyl (C=O) groups is 2. The molecule has 6 unspecified atom stereocenters. The fourth-order valence-corrected chi connectivity index (χ4v) is 7.09. The van der Waals surface area contributed by atoms with Crippen molar-refractivity contribution >= 4 is 11.8 Å². The zero-order valence-electron chi connectivity index (χ0n) is 24.0. The van der Waals surface area contributed by atoms with Gasteiger partial charge >= 0.3 is 0 Å². The van der Waals surface area contributed by atoms with Gasteiger partial charge in [-0.1, -0.05) is 20.8 Å². The lowest BCUT2D eigenvalue weighted by molar-refractivity contribution is -0.145. The van der Waals surface area contributed by atoms with Gasteiger partial charge in [-0.15, -0.1) is 0 Å². The molecule has 4 aliphatic rings. The minimum atomic E-state index is -0.558. The highest BCUT2D eigenvalue weighted by molar-refractivity contribution is 5.90. The highest BCUT2D eigenvalue weighted by atomic mass is 16.5. The van der Waals surface area contributed by atoms with Crippen LogP contribution in [0.3, 0.4) is 0 Å². The van der Waals surface area contributed by atoms with Crippen LogP contribution in [0.5, 0.6) is 0 Å². The summed E-state index contributed by atoms with van der Waals surface area (Å²) >= 11 is 0. The van der Waals surface area contributed by atoms with Crippen molar-refractivity contribution in [3.8, 4) is 0 Å². The molecule has 4 aliphatic heterocycles. The zero-order valence-corrected chi connectivity index (χ0v) is 24.0. The second-order valence-corrected chi connectivity index (χ2v) is 12.0. The first-order valence-electron chi connectivity index (χ1n) is 15.0. The molecule has 9 heteroatoms. The van der Waals surface area contributed by atoms with Crippen LogP contribution in [-0.2, 0) is 14.3 Å². The van der Waals surface area contributed by atoms with E-state index in [0.717, 1.165) is 71.4 Å². The number of ether oxygens (including phenoxy) is 1. The van der Waals surface area contributed by atoms with Gasteiger partial charge in [-0.3, -0.25) is 29.3 Å². The maximum absolute atomic E-state index is 14.1. The normalized spacial score (nSPS) is 32.9. The Morgan fingerprint density at radius 1 is 1.03 bits per heavy atom. The SMILES string of the molecule is CCC(CC)N1CCC2CCCN(C1)C(C(=O)NC(CN1CC(OC)C1)C(=O)N1CCCC(C)N1)C2C. The van der Waals surface area contributed by atoms with Gasteiger partial charge in [0.2, 0.25) is 5.91 Å². The Hall–Kier alpha value is -1.26. The fraction of sp³-hybridized carbons (Fsp3) is 0.929. The lowest BCUT2D eigenvalue weighted by Crippen LogP contribution is -2.65. The van der Waals surface area contributed by atoms with E-state index in [1.165, 1.54) is 6.42 Å². The summed E-state index contributed by atoms with van der Waals surface area (Å²) in [6, 6.07) is 0.0660. The first-order valence-corrected chi connectivity index (χ1v) is 15.0. The standard InChI is InChI=1S/C28H52N6O3/c1-6-23(7-2)32-15-12-22-11-9-13-33(19-32)26(21(22)4)27(35)29-25(18-31-16-24(17-31)37-5)28(36)34-14-8-10-20(3)30-34/h20-26,30H,6-19H2,1-5H3,(H,29,35). The fourth-order valence-electron chi connectivity index (χ4n) is 7.09. The molecule has 4 saturated heterocycles. The monoisotopic (exact) mass is 520 g/mol. The number of nitrogens with zero attached hydrogens (tertiary/aromatic N) is 4. The second kappa shape index (κ2) is 13.2. The number of amides is 2. The highest BCUT2D eigenvalue weighted by Gasteiger charge is 2.43. The van der Waals surface area contributed by atoms with Crippen LogP contribution >= 0.6 is 0 Å². The van der Waals surface area contributed by atoms with Gasteiger partial charge in [0, 0.05) is 51.9 Å². The molecule has 212 valence electrons. The molecule has 0 aromatic rings. The van der Waals surface area contributed by atoms with Gasteiger partial charge in [0.15, 0.2) is 0 Å². The van der Waals surface area contributed by atoms with Gasteiger partial charge in [-0.25, -0.2) is 5.43 Å². The first kappa shape index (κ1) is 28.7. The Bertz CT molecular complexity index is 758. The van der Waals surface area contributed by atoms with Crippen molar-refractivity contribution in [1.29, 1.82) is 0 Å². The molecular weight excluding hydrogens is 468 g/mol. The number of hydrogen-bond donors (Lipinski definition) is 2. The van der Waals surface area contributed by atoms with Crippen molar-refractivity contribution in [1.82, 2.24) is 30.5 Å². The largest absolute Gasteiger partial charge is 0.379 e. The molecule has 2 N–H and O–H groups in total. The van der Waals surface area contributed by atoms with Crippen molar-refractivity contribution < 1.29 is 14.3 Å². The average molecular weight is 521 g/mol. The van der Waals surface area contributed by atoms with E-state index in [0.29, 0.717) is 25.0 Å². The number of methoxy groups -OCH3 is 1. The molecule has 37 heavy (non-hydrogen) atoms. The number of likely N-dealkylation sites (tertiary alicyclic amines) is 1. The second-order valence-electron chi connectivity index (χ2n) is 12.0. The van der Waals surface area contributed by atoms with Crippen LogP contribution in [0.25, 0.3) is 0 Å². The van der Waals surface area contributed by atoms with Crippen molar-refractivity contribution in [2.45, 2.75) is 103 Å². The quantitative estimate of drug-likeness (QED) is 0.481. The minimum absolute atomic E-state index is 0.0177. The predicted molar refractivity (Wildman–Crippen MR) is 146 cm³/mol. The van der Waals surface area contributed by atoms with E-state index >= 15 is 0 Å². The molecule has 0 aromatic carbocycles.